The summed E-state index contributed by atoms with van der Waals surface area (Å²) in [5, 5.41) is 15.0. The molecular formula is C35H39Cl2N5O5. The molecular weight excluding hydrogens is 641 g/mol. The van der Waals surface area contributed by atoms with Crippen LogP contribution in [0.2, 0.25) is 10.0 Å². The molecule has 2 atom stereocenters. The predicted octanol–water partition coefficient (Wildman–Crippen LogP) is 5.70. The van der Waals surface area contributed by atoms with Crippen molar-refractivity contribution in [1.82, 2.24) is 20.0 Å². The molecule has 0 aromatic heterocycles. The number of carbonyl (C=O) groups is 3. The fraction of sp³-hybridized carbons (Fsp3) is 0.429. The van der Waals surface area contributed by atoms with E-state index in [1.54, 1.807) is 24.3 Å². The number of halogens is 2. The number of nitrogens with zero attached hydrogens (tertiary/aromatic N) is 4. The van der Waals surface area contributed by atoms with E-state index in [0.717, 1.165) is 44.5 Å². The van der Waals surface area contributed by atoms with Gasteiger partial charge in [-0.2, -0.15) is 5.26 Å². The monoisotopic (exact) mass is 679 g/mol. The Morgan fingerprint density at radius 2 is 1.91 bits per heavy atom. The average molecular weight is 681 g/mol. The summed E-state index contributed by atoms with van der Waals surface area (Å²) >= 11 is 12.8. The number of hydrogen-bond donors (Lipinski definition) is 1. The molecule has 2 fully saturated rings. The van der Waals surface area contributed by atoms with Crippen LogP contribution in [-0.4, -0.2) is 98.7 Å². The van der Waals surface area contributed by atoms with Gasteiger partial charge in [0.25, 0.3) is 5.91 Å². The van der Waals surface area contributed by atoms with E-state index >= 15 is 0 Å². The number of ether oxygens (including phenoxy) is 2. The van der Waals surface area contributed by atoms with Crippen molar-refractivity contribution < 1.29 is 23.9 Å². The average Bonchev–Trinajstić information content (AvgIpc) is 3.09. The Kier molecular flexibility index (Phi) is 11.5. The van der Waals surface area contributed by atoms with E-state index in [2.05, 4.69) is 16.3 Å². The van der Waals surface area contributed by atoms with Crippen molar-refractivity contribution in [2.45, 2.75) is 37.6 Å². The molecule has 3 amide bonds. The van der Waals surface area contributed by atoms with E-state index in [1.807, 2.05) is 29.2 Å². The third-order valence-corrected chi connectivity index (χ3v) is 9.80. The first-order valence-electron chi connectivity index (χ1n) is 15.8. The van der Waals surface area contributed by atoms with Gasteiger partial charge in [0.1, 0.15) is 18.4 Å². The third-order valence-electron chi connectivity index (χ3n) is 9.06. The Hall–Kier alpha value is -4.04. The standard InChI is InChI=1S/C35H39Cl2N5O5/c1-46-31(43)22-41(34(44)32-28-9-4-3-7-24(28)17-26(19-38)33(32)47-2)20-25(23-10-11-29(36)30(37)18-23)12-16-40-14-5-8-27(21-40)42-15-6-13-39-35(42)45/h3-4,7,9-11,17-18,25,27H,5-6,8,12-16,20-22H2,1-2H3,(H,39,45)/t25-,27?/m1/s1. The number of nitriles is 1. The smallest absolute Gasteiger partial charge is 0.325 e. The van der Waals surface area contributed by atoms with E-state index in [-0.39, 0.29) is 48.0 Å². The molecule has 3 aromatic rings. The lowest BCUT2D eigenvalue weighted by Crippen LogP contribution is -2.56. The van der Waals surface area contributed by atoms with Crippen LogP contribution in [0, 0.1) is 11.3 Å². The van der Waals surface area contributed by atoms with Gasteiger partial charge in [-0.25, -0.2) is 4.79 Å². The predicted molar refractivity (Wildman–Crippen MR) is 181 cm³/mol. The molecule has 2 saturated heterocycles. The summed E-state index contributed by atoms with van der Waals surface area (Å²) in [5.74, 6) is -1.13. The summed E-state index contributed by atoms with van der Waals surface area (Å²) in [4.78, 5) is 45.6. The lowest BCUT2D eigenvalue weighted by molar-refractivity contribution is -0.141. The summed E-state index contributed by atoms with van der Waals surface area (Å²) < 4.78 is 10.6. The molecule has 1 unspecified atom stereocenters. The van der Waals surface area contributed by atoms with Crippen LogP contribution in [-0.2, 0) is 9.53 Å². The van der Waals surface area contributed by atoms with E-state index in [0.29, 0.717) is 40.3 Å². The van der Waals surface area contributed by atoms with Crippen LogP contribution in [0.25, 0.3) is 10.8 Å². The molecule has 2 heterocycles. The highest BCUT2D eigenvalue weighted by atomic mass is 35.5. The Morgan fingerprint density at radius 3 is 2.64 bits per heavy atom. The van der Waals surface area contributed by atoms with Gasteiger partial charge >= 0.3 is 12.0 Å². The second-order valence-corrected chi connectivity index (χ2v) is 12.8. The molecule has 0 aliphatic carbocycles. The number of urea groups is 1. The highest BCUT2D eigenvalue weighted by Crippen LogP contribution is 2.35. The van der Waals surface area contributed by atoms with Gasteiger partial charge in [-0.15, -0.1) is 0 Å². The molecule has 0 radical (unpaired) electrons. The molecule has 47 heavy (non-hydrogen) atoms. The lowest BCUT2D eigenvalue weighted by atomic mass is 9.93. The van der Waals surface area contributed by atoms with Crippen LogP contribution in [0.1, 0.15) is 53.1 Å². The maximum Gasteiger partial charge on any atom is 0.325 e. The highest BCUT2D eigenvalue weighted by molar-refractivity contribution is 6.42. The van der Waals surface area contributed by atoms with Gasteiger partial charge < -0.3 is 29.5 Å². The number of likely N-dealkylation sites (tertiary alicyclic amines) is 1. The van der Waals surface area contributed by atoms with Gasteiger partial charge in [0.2, 0.25) is 0 Å². The number of methoxy groups -OCH3 is 2. The van der Waals surface area contributed by atoms with Gasteiger partial charge in [0.15, 0.2) is 0 Å². The number of fused-ring (bicyclic) bond motifs is 1. The van der Waals surface area contributed by atoms with E-state index in [1.165, 1.54) is 19.1 Å². The third kappa shape index (κ3) is 7.92. The zero-order valence-corrected chi connectivity index (χ0v) is 28.1. The fourth-order valence-corrected chi connectivity index (χ4v) is 6.96. The van der Waals surface area contributed by atoms with Crippen molar-refractivity contribution >= 4 is 51.9 Å². The van der Waals surface area contributed by atoms with Gasteiger partial charge in [-0.3, -0.25) is 9.59 Å². The summed E-state index contributed by atoms with van der Waals surface area (Å²) in [6.07, 6.45) is 3.50. The first kappa shape index (κ1) is 34.3. The van der Waals surface area contributed by atoms with E-state index in [9.17, 15) is 19.6 Å². The van der Waals surface area contributed by atoms with Gasteiger partial charge in [-0.1, -0.05) is 53.5 Å². The maximum absolute atomic E-state index is 14.5. The largest absolute Gasteiger partial charge is 0.495 e. The molecule has 0 spiro atoms. The Bertz CT molecular complexity index is 1680. The first-order valence-corrected chi connectivity index (χ1v) is 16.6. The van der Waals surface area contributed by atoms with Crippen LogP contribution in [0.4, 0.5) is 4.79 Å². The van der Waals surface area contributed by atoms with Crippen molar-refractivity contribution in [3.8, 4) is 11.8 Å². The van der Waals surface area contributed by atoms with Crippen LogP contribution in [0.3, 0.4) is 0 Å². The molecule has 5 rings (SSSR count). The summed E-state index contributed by atoms with van der Waals surface area (Å²) in [6, 6.07) is 16.7. The molecule has 0 bridgehead atoms. The number of piperidine rings is 1. The van der Waals surface area contributed by atoms with Gasteiger partial charge in [0.05, 0.1) is 35.4 Å². The topological polar surface area (TPSA) is 115 Å². The summed E-state index contributed by atoms with van der Waals surface area (Å²) in [5.41, 5.74) is 1.29. The fourth-order valence-electron chi connectivity index (χ4n) is 6.65. The molecule has 3 aromatic carbocycles. The number of nitrogens with one attached hydrogen (secondary N) is 1. The van der Waals surface area contributed by atoms with Crippen LogP contribution >= 0.6 is 23.2 Å². The molecule has 12 heteroatoms. The van der Waals surface area contributed by atoms with E-state index in [4.69, 9.17) is 32.7 Å². The van der Waals surface area contributed by atoms with Crippen molar-refractivity contribution in [1.29, 1.82) is 5.26 Å². The van der Waals surface area contributed by atoms with Crippen LogP contribution < -0.4 is 10.1 Å². The van der Waals surface area contributed by atoms with Crippen molar-refractivity contribution in [3.63, 3.8) is 0 Å². The SMILES string of the molecule is COC(=O)CN(C[C@@H](CCN1CCCC(N2CCCNC2=O)C1)c1ccc(Cl)c(Cl)c1)C(=O)c1c(OC)c(C#N)cc2ccccc12. The number of rotatable bonds is 11. The second-order valence-electron chi connectivity index (χ2n) is 12.0. The lowest BCUT2D eigenvalue weighted by Gasteiger charge is -2.41. The summed E-state index contributed by atoms with van der Waals surface area (Å²) in [6.45, 7) is 3.67. The number of esters is 1. The van der Waals surface area contributed by atoms with Gasteiger partial charge in [-0.05, 0) is 73.3 Å². The van der Waals surface area contributed by atoms with Crippen molar-refractivity contribution in [3.05, 3.63) is 75.3 Å². The normalized spacial score (nSPS) is 17.5. The number of amides is 3. The minimum atomic E-state index is -0.579. The minimum absolute atomic E-state index is 0.00262. The number of carbonyl (C=O) groups excluding carboxylic acids is 3. The first-order chi connectivity index (χ1) is 22.7. The van der Waals surface area contributed by atoms with Crippen LogP contribution in [0.15, 0.2) is 48.5 Å². The van der Waals surface area contributed by atoms with E-state index < -0.39 is 11.9 Å². The molecule has 1 N–H and O–H groups in total. The Balaban J connectivity index is 1.46. The zero-order chi connectivity index (χ0) is 33.5. The molecule has 248 valence electrons. The van der Waals surface area contributed by atoms with Crippen molar-refractivity contribution in [2.75, 3.05) is 60.0 Å². The maximum atomic E-state index is 14.5. The number of hydrogen-bond acceptors (Lipinski definition) is 7. The molecule has 2 aliphatic heterocycles. The van der Waals surface area contributed by atoms with Gasteiger partial charge in [0, 0.05) is 38.1 Å². The minimum Gasteiger partial charge on any atom is -0.495 e. The Labute approximate surface area is 285 Å². The zero-order valence-electron chi connectivity index (χ0n) is 26.6. The molecule has 2 aliphatic rings. The molecule has 0 saturated carbocycles. The van der Waals surface area contributed by atoms with Crippen LogP contribution in [0.5, 0.6) is 5.75 Å². The Morgan fingerprint density at radius 1 is 1.11 bits per heavy atom. The summed E-state index contributed by atoms with van der Waals surface area (Å²) in [7, 11) is 2.70. The number of benzene rings is 3. The second kappa shape index (κ2) is 15.7. The van der Waals surface area contributed by atoms with Crippen molar-refractivity contribution in [2.24, 2.45) is 0 Å². The highest BCUT2D eigenvalue weighted by Gasteiger charge is 2.32. The molecule has 10 nitrogen and oxygen atoms in total. The quantitative estimate of drug-likeness (QED) is 0.259.